The Balaban J connectivity index is 2.01. The highest BCUT2D eigenvalue weighted by molar-refractivity contribution is 5.69. The molecule has 29 heavy (non-hydrogen) atoms. The van der Waals surface area contributed by atoms with Crippen LogP contribution >= 0.6 is 0 Å². The van der Waals surface area contributed by atoms with Crippen LogP contribution in [0.15, 0.2) is 66.7 Å². The lowest BCUT2D eigenvalue weighted by atomic mass is 9.98. The molecule has 0 saturated carbocycles. The number of para-hydroxylation sites is 2. The van der Waals surface area contributed by atoms with Gasteiger partial charge in [-0.2, -0.15) is 9.13 Å². The summed E-state index contributed by atoms with van der Waals surface area (Å²) in [7, 11) is 0. The third-order valence-corrected chi connectivity index (χ3v) is 6.29. The third-order valence-electron chi connectivity index (χ3n) is 6.29. The van der Waals surface area contributed by atoms with Gasteiger partial charge in [-0.15, -0.1) is 0 Å². The molecule has 1 aliphatic heterocycles. The molecule has 2 heterocycles. The minimum Gasteiger partial charge on any atom is -0.192 e. The Morgan fingerprint density at radius 2 is 1.41 bits per heavy atom. The third kappa shape index (κ3) is 2.45. The predicted molar refractivity (Wildman–Crippen MR) is 119 cm³/mol. The summed E-state index contributed by atoms with van der Waals surface area (Å²) in [5, 5.41) is 0. The molecule has 0 bridgehead atoms. The Hall–Kier alpha value is -3.13. The van der Waals surface area contributed by atoms with Gasteiger partial charge in [0.2, 0.25) is 0 Å². The first-order valence-corrected chi connectivity index (χ1v) is 10.2. The van der Waals surface area contributed by atoms with Crippen molar-refractivity contribution in [3.8, 4) is 22.8 Å². The molecule has 1 unspecified atom stereocenters. The topological polar surface area (TPSA) is 8.81 Å². The fourth-order valence-electron chi connectivity index (χ4n) is 4.92. The van der Waals surface area contributed by atoms with Crippen molar-refractivity contribution in [2.45, 2.75) is 40.5 Å². The SMILES string of the molecule is [2H]C1(C)c2ccccc2-n2c1c(C)[n+](-c1ccccc1C)c2-c1c(C)cccc1C. The van der Waals surface area contributed by atoms with Crippen LogP contribution in [0.3, 0.4) is 0 Å². The van der Waals surface area contributed by atoms with Gasteiger partial charge in [-0.25, -0.2) is 0 Å². The molecule has 1 aromatic heterocycles. The maximum atomic E-state index is 9.35. The molecule has 0 amide bonds. The standard InChI is InChI=1S/C27H27N2/c1-17-11-6-8-15-23(17)28-21(5)26-20(4)22-14-7-9-16-24(22)29(26)27(28)25-18(2)12-10-13-19(25)3/h6-16,20H,1-5H3/q+1/i20D. The second-order valence-electron chi connectivity index (χ2n) is 8.12. The van der Waals surface area contributed by atoms with Crippen LogP contribution in [0.25, 0.3) is 22.8 Å². The maximum absolute atomic E-state index is 9.35. The van der Waals surface area contributed by atoms with Crippen LogP contribution in [-0.2, 0) is 0 Å². The van der Waals surface area contributed by atoms with E-state index in [4.69, 9.17) is 0 Å². The Morgan fingerprint density at radius 3 is 2.14 bits per heavy atom. The van der Waals surface area contributed by atoms with Crippen molar-refractivity contribution in [1.29, 1.82) is 0 Å². The average Bonchev–Trinajstić information content (AvgIpc) is 3.14. The van der Waals surface area contributed by atoms with E-state index in [9.17, 15) is 1.37 Å². The second kappa shape index (κ2) is 6.45. The molecule has 0 spiro atoms. The van der Waals surface area contributed by atoms with Crippen molar-refractivity contribution in [3.63, 3.8) is 0 Å². The van der Waals surface area contributed by atoms with E-state index < -0.39 is 5.89 Å². The van der Waals surface area contributed by atoms with E-state index in [1.54, 1.807) is 0 Å². The second-order valence-corrected chi connectivity index (χ2v) is 8.12. The lowest BCUT2D eigenvalue weighted by molar-refractivity contribution is -0.590. The molecule has 0 aliphatic carbocycles. The number of hydrogen-bond acceptors (Lipinski definition) is 0. The summed E-state index contributed by atoms with van der Waals surface area (Å²) in [5.41, 5.74) is 10.5. The largest absolute Gasteiger partial charge is 0.300 e. The van der Waals surface area contributed by atoms with E-state index >= 15 is 0 Å². The minimum absolute atomic E-state index is 0.806. The van der Waals surface area contributed by atoms with Crippen LogP contribution in [0.4, 0.5) is 0 Å². The number of rotatable bonds is 2. The molecule has 0 N–H and O–H groups in total. The molecule has 0 radical (unpaired) electrons. The van der Waals surface area contributed by atoms with E-state index in [1.165, 1.54) is 27.9 Å². The van der Waals surface area contributed by atoms with E-state index in [-0.39, 0.29) is 0 Å². The molecule has 2 heteroatoms. The summed E-state index contributed by atoms with van der Waals surface area (Å²) in [6.45, 7) is 10.7. The molecule has 0 fully saturated rings. The number of benzene rings is 3. The summed E-state index contributed by atoms with van der Waals surface area (Å²) < 4.78 is 14.0. The van der Waals surface area contributed by atoms with Gasteiger partial charge in [0.1, 0.15) is 17.1 Å². The van der Waals surface area contributed by atoms with E-state index in [2.05, 4.69) is 97.5 Å². The highest BCUT2D eigenvalue weighted by Gasteiger charge is 2.42. The molecule has 1 aliphatic rings. The highest BCUT2D eigenvalue weighted by Crippen LogP contribution is 2.43. The van der Waals surface area contributed by atoms with Gasteiger partial charge in [0.15, 0.2) is 5.69 Å². The number of aryl methyl sites for hydroxylation is 3. The van der Waals surface area contributed by atoms with Crippen molar-refractivity contribution in [2.75, 3.05) is 0 Å². The molecule has 4 aromatic rings. The number of imidazole rings is 1. The number of aromatic nitrogens is 2. The van der Waals surface area contributed by atoms with E-state index in [0.29, 0.717) is 0 Å². The summed E-state index contributed by atoms with van der Waals surface area (Å²) in [6.07, 6.45) is 0. The van der Waals surface area contributed by atoms with Gasteiger partial charge in [0.05, 0.1) is 11.5 Å². The van der Waals surface area contributed by atoms with Crippen molar-refractivity contribution in [2.24, 2.45) is 0 Å². The van der Waals surface area contributed by atoms with Gasteiger partial charge >= 0.3 is 0 Å². The fourth-order valence-corrected chi connectivity index (χ4v) is 4.92. The van der Waals surface area contributed by atoms with Crippen LogP contribution in [0, 0.1) is 27.7 Å². The quantitative estimate of drug-likeness (QED) is 0.370. The Labute approximate surface area is 174 Å². The first-order chi connectivity index (χ1) is 14.3. The number of fused-ring (bicyclic) bond motifs is 3. The number of hydrogen-bond donors (Lipinski definition) is 0. The normalized spacial score (nSPS) is 17.8. The average molecular weight is 381 g/mol. The molecule has 3 aromatic carbocycles. The van der Waals surface area contributed by atoms with Crippen LogP contribution in [-0.4, -0.2) is 4.57 Å². The van der Waals surface area contributed by atoms with Crippen molar-refractivity contribution >= 4 is 0 Å². The van der Waals surface area contributed by atoms with Crippen molar-refractivity contribution in [3.05, 3.63) is 100 Å². The number of nitrogens with zero attached hydrogens (tertiary/aromatic N) is 2. The smallest absolute Gasteiger partial charge is 0.192 e. The van der Waals surface area contributed by atoms with Crippen LogP contribution in [0.5, 0.6) is 0 Å². The summed E-state index contributed by atoms with van der Waals surface area (Å²) in [6, 6.07) is 23.4. The lowest BCUT2D eigenvalue weighted by Crippen LogP contribution is -2.36. The molecule has 144 valence electrons. The fraction of sp³-hybridized carbons (Fsp3) is 0.222. The van der Waals surface area contributed by atoms with Crippen molar-refractivity contribution in [1.82, 2.24) is 4.57 Å². The zero-order valence-corrected chi connectivity index (χ0v) is 17.7. The van der Waals surface area contributed by atoms with Crippen molar-refractivity contribution < 1.29 is 5.94 Å². The first-order valence-electron chi connectivity index (χ1n) is 10.7. The Kier molecular flexibility index (Phi) is 3.73. The molecule has 0 saturated heterocycles. The van der Waals surface area contributed by atoms with Gasteiger partial charge in [0.25, 0.3) is 5.82 Å². The van der Waals surface area contributed by atoms with E-state index in [1.807, 2.05) is 13.0 Å². The van der Waals surface area contributed by atoms with Crippen LogP contribution in [0.1, 0.15) is 47.8 Å². The summed E-state index contributed by atoms with van der Waals surface area (Å²) in [5.74, 6) is 0.329. The maximum Gasteiger partial charge on any atom is 0.300 e. The van der Waals surface area contributed by atoms with Crippen LogP contribution in [0.2, 0.25) is 0 Å². The van der Waals surface area contributed by atoms with Gasteiger partial charge in [-0.3, -0.25) is 0 Å². The van der Waals surface area contributed by atoms with Crippen LogP contribution < -0.4 is 4.57 Å². The zero-order valence-electron chi connectivity index (χ0n) is 18.7. The summed E-state index contributed by atoms with van der Waals surface area (Å²) >= 11 is 0. The lowest BCUT2D eigenvalue weighted by Gasteiger charge is -2.12. The molecular weight excluding hydrogens is 352 g/mol. The molecular formula is C27H27N2+. The minimum atomic E-state index is -0.806. The van der Waals surface area contributed by atoms with Gasteiger partial charge in [-0.1, -0.05) is 61.5 Å². The van der Waals surface area contributed by atoms with Gasteiger partial charge in [0, 0.05) is 13.9 Å². The van der Waals surface area contributed by atoms with Gasteiger partial charge < -0.3 is 0 Å². The monoisotopic (exact) mass is 380 g/mol. The van der Waals surface area contributed by atoms with E-state index in [0.717, 1.165) is 28.5 Å². The first kappa shape index (κ1) is 16.8. The predicted octanol–water partition coefficient (Wildman–Crippen LogP) is 6.12. The highest BCUT2D eigenvalue weighted by atomic mass is 15.2. The summed E-state index contributed by atoms with van der Waals surface area (Å²) in [4.78, 5) is 0. The molecule has 5 rings (SSSR count). The molecule has 2 nitrogen and oxygen atoms in total. The van der Waals surface area contributed by atoms with Gasteiger partial charge in [-0.05, 0) is 49.6 Å². The Bertz CT molecular complexity index is 1290. The Morgan fingerprint density at radius 1 is 0.793 bits per heavy atom. The molecule has 1 atom stereocenters. The zero-order chi connectivity index (χ0) is 21.2.